The highest BCUT2D eigenvalue weighted by molar-refractivity contribution is 14.0. The van der Waals surface area contributed by atoms with Crippen LogP contribution in [0.5, 0.6) is 0 Å². The summed E-state index contributed by atoms with van der Waals surface area (Å²) in [5.41, 5.74) is 1.12. The molecule has 0 saturated carbocycles. The van der Waals surface area contributed by atoms with E-state index in [2.05, 4.69) is 53.6 Å². The minimum absolute atomic E-state index is 0. The molecule has 0 aliphatic rings. The van der Waals surface area contributed by atoms with Crippen LogP contribution in [0, 0.1) is 6.92 Å². The number of aryl methyl sites for hydroxylation is 2. The third-order valence-corrected chi connectivity index (χ3v) is 5.24. The average molecular weight is 496 g/mol. The topological polar surface area (TPSA) is 52.6 Å². The van der Waals surface area contributed by atoms with E-state index in [-0.39, 0.29) is 24.0 Å². The van der Waals surface area contributed by atoms with E-state index in [0.29, 0.717) is 6.04 Å². The van der Waals surface area contributed by atoms with E-state index >= 15 is 0 Å². The minimum atomic E-state index is 0. The fourth-order valence-electron chi connectivity index (χ4n) is 2.73. The van der Waals surface area contributed by atoms with Gasteiger partial charge in [-0.3, -0.25) is 4.99 Å². The first kappa shape index (κ1) is 25.6. The molecule has 0 amide bonds. The summed E-state index contributed by atoms with van der Waals surface area (Å²) >= 11 is 1.75. The molecule has 152 valence electrons. The lowest BCUT2D eigenvalue weighted by molar-refractivity contribution is 0.292. The van der Waals surface area contributed by atoms with Gasteiger partial charge in [0.25, 0.3) is 0 Å². The molecule has 1 heterocycles. The molecule has 0 saturated heterocycles. The third-order valence-electron chi connectivity index (χ3n) is 4.22. The normalized spacial score (nSPS) is 12.8. The lowest BCUT2D eigenvalue weighted by Gasteiger charge is -2.21. The van der Waals surface area contributed by atoms with Gasteiger partial charge in [-0.1, -0.05) is 13.8 Å². The molecule has 1 atom stereocenters. The van der Waals surface area contributed by atoms with Gasteiger partial charge < -0.3 is 15.5 Å². The molecule has 1 aromatic heterocycles. The number of rotatable bonds is 12. The van der Waals surface area contributed by atoms with Gasteiger partial charge in [0.05, 0.1) is 5.01 Å². The molecule has 2 N–H and O–H groups in total. The summed E-state index contributed by atoms with van der Waals surface area (Å²) < 4.78 is 0. The fraction of sp³-hybridized carbons (Fsp3) is 0.789. The summed E-state index contributed by atoms with van der Waals surface area (Å²) in [6.07, 6.45) is 4.44. The molecule has 26 heavy (non-hydrogen) atoms. The van der Waals surface area contributed by atoms with Gasteiger partial charge in [-0.15, -0.1) is 35.3 Å². The van der Waals surface area contributed by atoms with E-state index in [4.69, 9.17) is 4.99 Å². The zero-order valence-corrected chi connectivity index (χ0v) is 20.3. The van der Waals surface area contributed by atoms with E-state index in [1.165, 1.54) is 24.4 Å². The van der Waals surface area contributed by atoms with E-state index in [1.807, 2.05) is 6.92 Å². The van der Waals surface area contributed by atoms with Crippen molar-refractivity contribution in [2.75, 3.05) is 32.7 Å². The van der Waals surface area contributed by atoms with Crippen molar-refractivity contribution in [3.05, 3.63) is 16.1 Å². The van der Waals surface area contributed by atoms with E-state index in [1.54, 1.807) is 11.3 Å². The van der Waals surface area contributed by atoms with Crippen molar-refractivity contribution in [3.63, 3.8) is 0 Å². The predicted molar refractivity (Wildman–Crippen MR) is 126 cm³/mol. The number of nitrogens with one attached hydrogen (secondary N) is 2. The first-order chi connectivity index (χ1) is 12.1. The highest BCUT2D eigenvalue weighted by atomic mass is 127. The van der Waals surface area contributed by atoms with Crippen LogP contribution < -0.4 is 10.6 Å². The number of halogens is 1. The number of thiazole rings is 1. The lowest BCUT2D eigenvalue weighted by atomic mass is 10.2. The first-order valence-corrected chi connectivity index (χ1v) is 10.6. The number of hydrogen-bond acceptors (Lipinski definition) is 4. The Hall–Kier alpha value is -0.410. The number of guanidine groups is 1. The largest absolute Gasteiger partial charge is 0.357 e. The van der Waals surface area contributed by atoms with Crippen LogP contribution in [0.1, 0.15) is 57.7 Å². The highest BCUT2D eigenvalue weighted by Gasteiger charge is 2.06. The smallest absolute Gasteiger partial charge is 0.191 e. The van der Waals surface area contributed by atoms with Gasteiger partial charge in [-0.05, 0) is 59.7 Å². The molecule has 7 heteroatoms. The Morgan fingerprint density at radius 3 is 2.58 bits per heavy atom. The summed E-state index contributed by atoms with van der Waals surface area (Å²) in [6, 6.07) is 0.440. The maximum atomic E-state index is 4.71. The molecule has 1 aromatic rings. The molecule has 0 aromatic carbocycles. The number of aliphatic imine (C=N–C) groups is 1. The van der Waals surface area contributed by atoms with Gasteiger partial charge in [0.2, 0.25) is 0 Å². The van der Waals surface area contributed by atoms with Crippen molar-refractivity contribution >= 4 is 41.3 Å². The second kappa shape index (κ2) is 15.6. The molecule has 0 aliphatic heterocycles. The van der Waals surface area contributed by atoms with Gasteiger partial charge in [0.15, 0.2) is 5.96 Å². The van der Waals surface area contributed by atoms with Crippen LogP contribution in [0.4, 0.5) is 0 Å². The molecular weight excluding hydrogens is 457 g/mol. The average Bonchev–Trinajstić information content (AvgIpc) is 3.01. The van der Waals surface area contributed by atoms with Crippen LogP contribution in [0.2, 0.25) is 0 Å². The van der Waals surface area contributed by atoms with E-state index < -0.39 is 0 Å². The molecule has 1 unspecified atom stereocenters. The Balaban J connectivity index is 0.00000625. The molecule has 5 nitrogen and oxygen atoms in total. The second-order valence-corrected chi connectivity index (χ2v) is 7.40. The van der Waals surface area contributed by atoms with Crippen molar-refractivity contribution in [1.29, 1.82) is 0 Å². The number of aromatic nitrogens is 1. The van der Waals surface area contributed by atoms with Gasteiger partial charge in [0, 0.05) is 36.6 Å². The van der Waals surface area contributed by atoms with Crippen LogP contribution in [0.25, 0.3) is 0 Å². The quantitative estimate of drug-likeness (QED) is 0.199. The lowest BCUT2D eigenvalue weighted by Crippen LogP contribution is -2.42. The van der Waals surface area contributed by atoms with Crippen LogP contribution >= 0.6 is 35.3 Å². The molecule has 0 fully saturated rings. The first-order valence-electron chi connectivity index (χ1n) is 9.77. The molecule has 0 spiro atoms. The van der Waals surface area contributed by atoms with Crippen molar-refractivity contribution < 1.29 is 0 Å². The SMILES string of the molecule is CCNC(=NCCCc1nc(C)cs1)NC(C)CCCN(CC)CC.I. The third kappa shape index (κ3) is 11.3. The van der Waals surface area contributed by atoms with Crippen LogP contribution in [-0.2, 0) is 6.42 Å². The molecule has 0 bridgehead atoms. The highest BCUT2D eigenvalue weighted by Crippen LogP contribution is 2.10. The Bertz CT molecular complexity index is 488. The van der Waals surface area contributed by atoms with Gasteiger partial charge in [-0.2, -0.15) is 0 Å². The van der Waals surface area contributed by atoms with Crippen molar-refractivity contribution in [3.8, 4) is 0 Å². The Kier molecular flexibility index (Phi) is 15.4. The predicted octanol–water partition coefficient (Wildman–Crippen LogP) is 4.07. The summed E-state index contributed by atoms with van der Waals surface area (Å²) in [4.78, 5) is 11.7. The Morgan fingerprint density at radius 1 is 1.27 bits per heavy atom. The minimum Gasteiger partial charge on any atom is -0.357 e. The zero-order chi connectivity index (χ0) is 18.5. The van der Waals surface area contributed by atoms with Gasteiger partial charge in [-0.25, -0.2) is 4.98 Å². The number of hydrogen-bond donors (Lipinski definition) is 2. The summed E-state index contributed by atoms with van der Waals surface area (Å²) in [6.45, 7) is 16.1. The Morgan fingerprint density at radius 2 is 2.00 bits per heavy atom. The molecule has 0 radical (unpaired) electrons. The van der Waals surface area contributed by atoms with Gasteiger partial charge >= 0.3 is 0 Å². The van der Waals surface area contributed by atoms with E-state index in [9.17, 15) is 0 Å². The zero-order valence-electron chi connectivity index (χ0n) is 17.2. The van der Waals surface area contributed by atoms with Crippen molar-refractivity contribution in [2.24, 2.45) is 4.99 Å². The number of nitrogens with zero attached hydrogens (tertiary/aromatic N) is 3. The van der Waals surface area contributed by atoms with Crippen LogP contribution in [-0.4, -0.2) is 54.6 Å². The van der Waals surface area contributed by atoms with Crippen molar-refractivity contribution in [2.45, 2.75) is 66.3 Å². The molecule has 0 aliphatic carbocycles. The summed E-state index contributed by atoms with van der Waals surface area (Å²) in [7, 11) is 0. The standard InChI is InChI=1S/C19H37N5S.HI/c1-6-20-19(21-13-9-12-18-22-17(5)15-25-18)23-16(4)11-10-14-24(7-2)8-3;/h15-16H,6-14H2,1-5H3,(H2,20,21,23);1H. The fourth-order valence-corrected chi connectivity index (χ4v) is 3.54. The van der Waals surface area contributed by atoms with Gasteiger partial charge in [0.1, 0.15) is 0 Å². The maximum absolute atomic E-state index is 4.71. The summed E-state index contributed by atoms with van der Waals surface area (Å²) in [5.74, 6) is 0.938. The van der Waals surface area contributed by atoms with Crippen molar-refractivity contribution in [1.82, 2.24) is 20.5 Å². The van der Waals surface area contributed by atoms with Crippen LogP contribution in [0.3, 0.4) is 0 Å². The molecular formula is C19H38IN5S. The van der Waals surface area contributed by atoms with Crippen LogP contribution in [0.15, 0.2) is 10.4 Å². The summed E-state index contributed by atoms with van der Waals surface area (Å²) in [5, 5.41) is 10.2. The maximum Gasteiger partial charge on any atom is 0.191 e. The van der Waals surface area contributed by atoms with E-state index in [0.717, 1.165) is 50.7 Å². The second-order valence-electron chi connectivity index (χ2n) is 6.46. The Labute approximate surface area is 181 Å². The monoisotopic (exact) mass is 495 g/mol. The molecule has 1 rings (SSSR count).